The van der Waals surface area contributed by atoms with Gasteiger partial charge in [-0.2, -0.15) is 0 Å². The van der Waals surface area contributed by atoms with Crippen LogP contribution in [0.15, 0.2) is 12.1 Å². The number of aliphatic carboxylic acids is 1. The van der Waals surface area contributed by atoms with Crippen molar-refractivity contribution in [2.45, 2.75) is 39.4 Å². The Morgan fingerprint density at radius 2 is 2.07 bits per heavy atom. The second-order valence-corrected chi connectivity index (χ2v) is 7.41. The molecule has 1 amide bonds. The number of carboxylic acids is 1. The molecule has 0 saturated carbocycles. The lowest BCUT2D eigenvalue weighted by molar-refractivity contribution is -0.160. The van der Waals surface area contributed by atoms with Crippen LogP contribution in [0.4, 0.5) is 0 Å². The number of carbonyl (C=O) groups is 2. The van der Waals surface area contributed by atoms with Gasteiger partial charge in [0.25, 0.3) is 5.91 Å². The van der Waals surface area contributed by atoms with Gasteiger partial charge in [-0.1, -0.05) is 25.4 Å². The Bertz CT molecular complexity index is 693. The Morgan fingerprint density at radius 1 is 1.37 bits per heavy atom. The summed E-state index contributed by atoms with van der Waals surface area (Å²) in [7, 11) is 1.48. The fourth-order valence-electron chi connectivity index (χ4n) is 2.82. The van der Waals surface area contributed by atoms with Gasteiger partial charge in [0.15, 0.2) is 17.6 Å². The van der Waals surface area contributed by atoms with E-state index in [-0.39, 0.29) is 23.6 Å². The molecule has 1 heterocycles. The third kappa shape index (κ3) is 5.49. The van der Waals surface area contributed by atoms with Gasteiger partial charge in [-0.25, -0.2) is 4.79 Å². The van der Waals surface area contributed by atoms with Crippen LogP contribution in [0.3, 0.4) is 0 Å². The van der Waals surface area contributed by atoms with E-state index < -0.39 is 12.1 Å². The molecule has 1 aliphatic rings. The zero-order valence-electron chi connectivity index (χ0n) is 16.0. The molecule has 1 unspecified atom stereocenters. The SMILES string of the molecule is COc1cc(C(=O)N2CC(C(=O)O)O[C@H](C)C2)cc(Cl)c1OCCC(C)C. The van der Waals surface area contributed by atoms with Crippen molar-refractivity contribution in [1.29, 1.82) is 0 Å². The Morgan fingerprint density at radius 3 is 2.67 bits per heavy atom. The molecule has 0 bridgehead atoms. The van der Waals surface area contributed by atoms with E-state index in [0.717, 1.165) is 6.42 Å². The molecule has 1 N–H and O–H groups in total. The van der Waals surface area contributed by atoms with Gasteiger partial charge in [-0.05, 0) is 31.4 Å². The highest BCUT2D eigenvalue weighted by atomic mass is 35.5. The molecule has 8 heteroatoms. The quantitative estimate of drug-likeness (QED) is 0.758. The topological polar surface area (TPSA) is 85.3 Å². The maximum Gasteiger partial charge on any atom is 0.334 e. The van der Waals surface area contributed by atoms with Crippen LogP contribution >= 0.6 is 11.6 Å². The number of benzene rings is 1. The summed E-state index contributed by atoms with van der Waals surface area (Å²) >= 11 is 6.32. The van der Waals surface area contributed by atoms with Crippen LogP contribution in [0.5, 0.6) is 11.5 Å². The molecule has 27 heavy (non-hydrogen) atoms. The predicted octanol–water partition coefficient (Wildman–Crippen LogP) is 3.09. The average molecular weight is 400 g/mol. The predicted molar refractivity (Wildman–Crippen MR) is 101 cm³/mol. The van der Waals surface area contributed by atoms with Crippen LogP contribution in [-0.4, -0.2) is 60.9 Å². The monoisotopic (exact) mass is 399 g/mol. The Kier molecular flexibility index (Phi) is 7.33. The second kappa shape index (κ2) is 9.28. The molecule has 150 valence electrons. The van der Waals surface area contributed by atoms with Crippen LogP contribution in [0.25, 0.3) is 0 Å². The number of amides is 1. The minimum Gasteiger partial charge on any atom is -0.493 e. The van der Waals surface area contributed by atoms with Gasteiger partial charge in [-0.3, -0.25) is 4.79 Å². The summed E-state index contributed by atoms with van der Waals surface area (Å²) in [6, 6.07) is 3.09. The first-order chi connectivity index (χ1) is 12.7. The fourth-order valence-corrected chi connectivity index (χ4v) is 3.08. The number of hydrogen-bond acceptors (Lipinski definition) is 5. The largest absolute Gasteiger partial charge is 0.493 e. The first kappa shape index (κ1) is 21.3. The molecule has 1 saturated heterocycles. The summed E-state index contributed by atoms with van der Waals surface area (Å²) in [5.74, 6) is -0.170. The Hall–Kier alpha value is -1.99. The van der Waals surface area contributed by atoms with Gasteiger partial charge in [0.1, 0.15) is 0 Å². The molecular formula is C19H26ClNO6. The van der Waals surface area contributed by atoms with Crippen LogP contribution in [0.1, 0.15) is 37.6 Å². The molecule has 1 aliphatic heterocycles. The van der Waals surface area contributed by atoms with Crippen molar-refractivity contribution in [3.05, 3.63) is 22.7 Å². The molecule has 7 nitrogen and oxygen atoms in total. The Balaban J connectivity index is 2.21. The summed E-state index contributed by atoms with van der Waals surface area (Å²) in [6.07, 6.45) is -0.559. The number of halogens is 1. The Labute approximate surface area is 164 Å². The summed E-state index contributed by atoms with van der Waals surface area (Å²) < 4.78 is 16.4. The second-order valence-electron chi connectivity index (χ2n) is 7.00. The lowest BCUT2D eigenvalue weighted by Gasteiger charge is -2.35. The van der Waals surface area contributed by atoms with Crippen molar-refractivity contribution in [3.63, 3.8) is 0 Å². The highest BCUT2D eigenvalue weighted by molar-refractivity contribution is 6.32. The van der Waals surface area contributed by atoms with Gasteiger partial charge in [0.05, 0.1) is 31.4 Å². The molecule has 1 fully saturated rings. The van der Waals surface area contributed by atoms with Crippen LogP contribution in [-0.2, 0) is 9.53 Å². The van der Waals surface area contributed by atoms with Crippen molar-refractivity contribution in [3.8, 4) is 11.5 Å². The van der Waals surface area contributed by atoms with Crippen molar-refractivity contribution in [2.24, 2.45) is 5.92 Å². The fraction of sp³-hybridized carbons (Fsp3) is 0.579. The molecular weight excluding hydrogens is 374 g/mol. The first-order valence-corrected chi connectivity index (χ1v) is 9.28. The van der Waals surface area contributed by atoms with Crippen molar-refractivity contribution < 1.29 is 28.9 Å². The van der Waals surface area contributed by atoms with E-state index in [2.05, 4.69) is 13.8 Å². The molecule has 0 aliphatic carbocycles. The molecule has 1 aromatic carbocycles. The van der Waals surface area contributed by atoms with Gasteiger partial charge in [-0.15, -0.1) is 0 Å². The standard InChI is InChI=1S/C19H26ClNO6/c1-11(2)5-6-26-17-14(20)7-13(8-15(17)25-4)18(22)21-9-12(3)27-16(10-21)19(23)24/h7-8,11-12,16H,5-6,9-10H2,1-4H3,(H,23,24)/t12-,16?/m1/s1. The van der Waals surface area contributed by atoms with Crippen LogP contribution in [0.2, 0.25) is 5.02 Å². The number of nitrogens with zero attached hydrogens (tertiary/aromatic N) is 1. The zero-order chi connectivity index (χ0) is 20.1. The summed E-state index contributed by atoms with van der Waals surface area (Å²) in [5, 5.41) is 9.47. The highest BCUT2D eigenvalue weighted by Gasteiger charge is 2.33. The van der Waals surface area contributed by atoms with Crippen LogP contribution in [0, 0.1) is 5.92 Å². The smallest absolute Gasteiger partial charge is 0.334 e. The third-order valence-corrected chi connectivity index (χ3v) is 4.52. The van der Waals surface area contributed by atoms with Crippen molar-refractivity contribution in [2.75, 3.05) is 26.8 Å². The van der Waals surface area contributed by atoms with E-state index in [1.54, 1.807) is 13.0 Å². The number of carboxylic acid groups (broad SMARTS) is 1. The van der Waals surface area contributed by atoms with Gasteiger partial charge < -0.3 is 24.2 Å². The van der Waals surface area contributed by atoms with E-state index in [4.69, 9.17) is 25.8 Å². The van der Waals surface area contributed by atoms with E-state index in [1.807, 2.05) is 0 Å². The van der Waals surface area contributed by atoms with Gasteiger partial charge >= 0.3 is 5.97 Å². The van der Waals surface area contributed by atoms with E-state index in [0.29, 0.717) is 36.1 Å². The number of hydrogen-bond donors (Lipinski definition) is 1. The molecule has 0 spiro atoms. The molecule has 0 aromatic heterocycles. The van der Waals surface area contributed by atoms with E-state index in [1.165, 1.54) is 18.1 Å². The highest BCUT2D eigenvalue weighted by Crippen LogP contribution is 2.37. The van der Waals surface area contributed by atoms with Gasteiger partial charge in [0.2, 0.25) is 0 Å². The van der Waals surface area contributed by atoms with Crippen LogP contribution < -0.4 is 9.47 Å². The molecule has 2 rings (SSSR count). The third-order valence-electron chi connectivity index (χ3n) is 4.24. The molecule has 2 atom stereocenters. The van der Waals surface area contributed by atoms with Crippen molar-refractivity contribution >= 4 is 23.5 Å². The minimum atomic E-state index is -1.09. The lowest BCUT2D eigenvalue weighted by Crippen LogP contribution is -2.51. The lowest BCUT2D eigenvalue weighted by atomic mass is 10.1. The maximum absolute atomic E-state index is 12.9. The van der Waals surface area contributed by atoms with E-state index in [9.17, 15) is 14.7 Å². The summed E-state index contributed by atoms with van der Waals surface area (Å²) in [6.45, 7) is 6.69. The van der Waals surface area contributed by atoms with E-state index >= 15 is 0 Å². The maximum atomic E-state index is 12.9. The number of rotatable bonds is 7. The number of methoxy groups -OCH3 is 1. The molecule has 0 radical (unpaired) electrons. The summed E-state index contributed by atoms with van der Waals surface area (Å²) in [5.41, 5.74) is 0.311. The minimum absolute atomic E-state index is 0.0227. The number of ether oxygens (including phenoxy) is 3. The normalized spacial score (nSPS) is 19.9. The number of morpholine rings is 1. The molecule has 1 aromatic rings. The first-order valence-electron chi connectivity index (χ1n) is 8.90. The van der Waals surface area contributed by atoms with Gasteiger partial charge in [0, 0.05) is 12.1 Å². The van der Waals surface area contributed by atoms with Crippen molar-refractivity contribution in [1.82, 2.24) is 4.90 Å². The average Bonchev–Trinajstić information content (AvgIpc) is 2.61. The number of carbonyl (C=O) groups excluding carboxylic acids is 1. The summed E-state index contributed by atoms with van der Waals surface area (Å²) in [4.78, 5) is 25.6. The zero-order valence-corrected chi connectivity index (χ0v) is 16.8.